The van der Waals surface area contributed by atoms with Gasteiger partial charge in [0.05, 0.1) is 31.3 Å². The largest absolute Gasteiger partial charge is 0.490 e. The molecule has 1 saturated heterocycles. The van der Waals surface area contributed by atoms with Crippen LogP contribution in [0, 0.1) is 0 Å². The molecule has 1 aliphatic rings. The summed E-state index contributed by atoms with van der Waals surface area (Å²) >= 11 is 0. The second kappa shape index (κ2) is 10.4. The van der Waals surface area contributed by atoms with Crippen LogP contribution >= 0.6 is 0 Å². The van der Waals surface area contributed by atoms with Gasteiger partial charge in [-0.05, 0) is 32.4 Å². The number of amides is 2. The van der Waals surface area contributed by atoms with Crippen molar-refractivity contribution in [2.75, 3.05) is 50.3 Å². The van der Waals surface area contributed by atoms with Crippen molar-refractivity contribution in [1.82, 2.24) is 4.90 Å². The summed E-state index contributed by atoms with van der Waals surface area (Å²) in [5.74, 6) is -0.790. The molecule has 1 fully saturated rings. The molecule has 0 aliphatic carbocycles. The number of anilines is 1. The number of hydrogen-bond donors (Lipinski definition) is 1. The first-order valence-corrected chi connectivity index (χ1v) is 11.3. The molecular weight excluding hydrogens is 400 g/mol. The summed E-state index contributed by atoms with van der Waals surface area (Å²) in [7, 11) is -1.73. The number of benzene rings is 1. The van der Waals surface area contributed by atoms with Crippen molar-refractivity contribution in [3.63, 3.8) is 0 Å². The SMILES string of the molecule is CCOc1ccc(NC(=O)C(=O)N(CCOC)C2CCS(=O)(=O)C2)cc1OCC. The first-order chi connectivity index (χ1) is 13.8. The highest BCUT2D eigenvalue weighted by Gasteiger charge is 2.36. The van der Waals surface area contributed by atoms with Crippen molar-refractivity contribution in [3.05, 3.63) is 18.2 Å². The van der Waals surface area contributed by atoms with Crippen LogP contribution in [0.25, 0.3) is 0 Å². The van der Waals surface area contributed by atoms with Gasteiger partial charge in [-0.25, -0.2) is 8.42 Å². The molecule has 1 aromatic rings. The average Bonchev–Trinajstić information content (AvgIpc) is 3.04. The van der Waals surface area contributed by atoms with E-state index in [1.807, 2.05) is 13.8 Å². The van der Waals surface area contributed by atoms with Crippen LogP contribution in [0.4, 0.5) is 5.69 Å². The Morgan fingerprint density at radius 3 is 2.45 bits per heavy atom. The second-order valence-corrected chi connectivity index (χ2v) is 8.76. The molecule has 0 radical (unpaired) electrons. The van der Waals surface area contributed by atoms with Crippen molar-refractivity contribution < 1.29 is 32.2 Å². The van der Waals surface area contributed by atoms with Crippen molar-refractivity contribution in [1.29, 1.82) is 0 Å². The summed E-state index contributed by atoms with van der Waals surface area (Å²) in [5.41, 5.74) is 0.376. The minimum Gasteiger partial charge on any atom is -0.490 e. The van der Waals surface area contributed by atoms with Gasteiger partial charge in [-0.3, -0.25) is 9.59 Å². The van der Waals surface area contributed by atoms with Crippen LogP contribution in [0.3, 0.4) is 0 Å². The topological polar surface area (TPSA) is 111 Å². The lowest BCUT2D eigenvalue weighted by molar-refractivity contribution is -0.144. The molecule has 1 atom stereocenters. The van der Waals surface area contributed by atoms with Crippen molar-refractivity contribution in [2.24, 2.45) is 0 Å². The standard InChI is InChI=1S/C19H28N2O7S/c1-4-27-16-7-6-14(12-17(16)28-5-2)20-18(22)19(23)21(9-10-26-3)15-8-11-29(24,25)13-15/h6-7,12,15H,4-5,8-11,13H2,1-3H3,(H,20,22). The minimum absolute atomic E-state index is 0.00660. The van der Waals surface area contributed by atoms with Crippen LogP contribution in [-0.4, -0.2) is 76.2 Å². The molecule has 1 aromatic carbocycles. The predicted molar refractivity (Wildman–Crippen MR) is 108 cm³/mol. The summed E-state index contributed by atoms with van der Waals surface area (Å²) in [4.78, 5) is 26.6. The number of methoxy groups -OCH3 is 1. The quantitative estimate of drug-likeness (QED) is 0.586. The number of rotatable bonds is 9. The molecule has 9 nitrogen and oxygen atoms in total. The van der Waals surface area contributed by atoms with Gasteiger partial charge in [0, 0.05) is 31.5 Å². The monoisotopic (exact) mass is 428 g/mol. The summed E-state index contributed by atoms with van der Waals surface area (Å²) in [6, 6.07) is 4.31. The van der Waals surface area contributed by atoms with Gasteiger partial charge in [-0.1, -0.05) is 0 Å². The average molecular weight is 429 g/mol. The highest BCUT2D eigenvalue weighted by atomic mass is 32.2. The zero-order valence-electron chi connectivity index (χ0n) is 17.0. The van der Waals surface area contributed by atoms with Gasteiger partial charge >= 0.3 is 11.8 Å². The normalized spacial score (nSPS) is 17.6. The van der Waals surface area contributed by atoms with Crippen LogP contribution in [-0.2, 0) is 24.2 Å². The first-order valence-electron chi connectivity index (χ1n) is 9.52. The summed E-state index contributed by atoms with van der Waals surface area (Å²) < 4.78 is 39.6. The summed E-state index contributed by atoms with van der Waals surface area (Å²) in [6.07, 6.45) is 0.308. The maximum Gasteiger partial charge on any atom is 0.313 e. The molecule has 0 spiro atoms. The fourth-order valence-electron chi connectivity index (χ4n) is 3.10. The van der Waals surface area contributed by atoms with Crippen LogP contribution in [0.1, 0.15) is 20.3 Å². The first kappa shape index (κ1) is 23.0. The van der Waals surface area contributed by atoms with E-state index in [0.29, 0.717) is 36.8 Å². The lowest BCUT2D eigenvalue weighted by Crippen LogP contribution is -2.47. The fourth-order valence-corrected chi connectivity index (χ4v) is 4.84. The zero-order valence-corrected chi connectivity index (χ0v) is 17.8. The Bertz CT molecular complexity index is 826. The molecule has 10 heteroatoms. The maximum absolute atomic E-state index is 12.7. The number of ether oxygens (including phenoxy) is 3. The molecular formula is C19H28N2O7S. The van der Waals surface area contributed by atoms with E-state index in [-0.39, 0.29) is 24.7 Å². The highest BCUT2D eigenvalue weighted by molar-refractivity contribution is 7.91. The number of hydrogen-bond acceptors (Lipinski definition) is 7. The Kier molecular flexibility index (Phi) is 8.27. The molecule has 0 bridgehead atoms. The Balaban J connectivity index is 2.14. The Labute approximate surface area is 171 Å². The Morgan fingerprint density at radius 2 is 1.86 bits per heavy atom. The third kappa shape index (κ3) is 6.33. The minimum atomic E-state index is -3.20. The van der Waals surface area contributed by atoms with E-state index in [0.717, 1.165) is 0 Å². The van der Waals surface area contributed by atoms with E-state index >= 15 is 0 Å². The number of sulfone groups is 1. The number of carbonyl (C=O) groups is 2. The highest BCUT2D eigenvalue weighted by Crippen LogP contribution is 2.30. The van der Waals surface area contributed by atoms with Gasteiger partial charge < -0.3 is 24.4 Å². The van der Waals surface area contributed by atoms with E-state index in [1.165, 1.54) is 12.0 Å². The maximum atomic E-state index is 12.7. The van der Waals surface area contributed by atoms with E-state index in [9.17, 15) is 18.0 Å². The molecule has 1 heterocycles. The van der Waals surface area contributed by atoms with E-state index in [1.54, 1.807) is 18.2 Å². The lowest BCUT2D eigenvalue weighted by Gasteiger charge is -2.27. The number of nitrogens with one attached hydrogen (secondary N) is 1. The van der Waals surface area contributed by atoms with E-state index in [4.69, 9.17) is 14.2 Å². The fraction of sp³-hybridized carbons (Fsp3) is 0.579. The Hall–Kier alpha value is -2.33. The molecule has 162 valence electrons. The van der Waals surface area contributed by atoms with Crippen molar-refractivity contribution in [3.8, 4) is 11.5 Å². The van der Waals surface area contributed by atoms with Gasteiger partial charge in [-0.15, -0.1) is 0 Å². The predicted octanol–water partition coefficient (Wildman–Crippen LogP) is 1.08. The summed E-state index contributed by atoms with van der Waals surface area (Å²) in [6.45, 7) is 4.89. The van der Waals surface area contributed by atoms with Gasteiger partial charge in [0.15, 0.2) is 21.3 Å². The smallest absolute Gasteiger partial charge is 0.313 e. The van der Waals surface area contributed by atoms with Gasteiger partial charge in [0.1, 0.15) is 0 Å². The third-order valence-corrected chi connectivity index (χ3v) is 6.19. The van der Waals surface area contributed by atoms with Crippen molar-refractivity contribution in [2.45, 2.75) is 26.3 Å². The van der Waals surface area contributed by atoms with Crippen LogP contribution in [0.5, 0.6) is 11.5 Å². The Morgan fingerprint density at radius 1 is 1.17 bits per heavy atom. The van der Waals surface area contributed by atoms with E-state index in [2.05, 4.69) is 5.32 Å². The molecule has 1 N–H and O–H groups in total. The molecule has 2 rings (SSSR count). The van der Waals surface area contributed by atoms with Crippen LogP contribution in [0.2, 0.25) is 0 Å². The van der Waals surface area contributed by atoms with E-state index < -0.39 is 27.7 Å². The van der Waals surface area contributed by atoms with Crippen LogP contribution < -0.4 is 14.8 Å². The molecule has 1 unspecified atom stereocenters. The third-order valence-electron chi connectivity index (χ3n) is 4.44. The zero-order chi connectivity index (χ0) is 21.4. The van der Waals surface area contributed by atoms with Gasteiger partial charge in [-0.2, -0.15) is 0 Å². The molecule has 29 heavy (non-hydrogen) atoms. The lowest BCUT2D eigenvalue weighted by atomic mass is 10.2. The van der Waals surface area contributed by atoms with Gasteiger partial charge in [0.25, 0.3) is 0 Å². The molecule has 0 aromatic heterocycles. The molecule has 0 saturated carbocycles. The molecule has 2 amide bonds. The number of nitrogens with zero attached hydrogens (tertiary/aromatic N) is 1. The summed E-state index contributed by atoms with van der Waals surface area (Å²) in [5, 5.41) is 2.55. The van der Waals surface area contributed by atoms with Gasteiger partial charge in [0.2, 0.25) is 0 Å². The van der Waals surface area contributed by atoms with Crippen molar-refractivity contribution >= 4 is 27.3 Å². The second-order valence-electron chi connectivity index (χ2n) is 6.53. The number of carbonyl (C=O) groups excluding carboxylic acids is 2. The van der Waals surface area contributed by atoms with Crippen LogP contribution in [0.15, 0.2) is 18.2 Å². The molecule has 1 aliphatic heterocycles.